The Kier molecular flexibility index (Phi) is 20.7. The van der Waals surface area contributed by atoms with Gasteiger partial charge in [-0.15, -0.1) is 0 Å². The summed E-state index contributed by atoms with van der Waals surface area (Å²) in [5, 5.41) is 25.2. The van der Waals surface area contributed by atoms with E-state index in [4.69, 9.17) is 28.0 Å². The van der Waals surface area contributed by atoms with Gasteiger partial charge in [-0.2, -0.15) is 0 Å². The summed E-state index contributed by atoms with van der Waals surface area (Å²) in [6.45, 7) is 6.43. The molecule has 2 aromatic rings. The third-order valence-corrected chi connectivity index (χ3v) is 9.05. The summed E-state index contributed by atoms with van der Waals surface area (Å²) in [5.41, 5.74) is 24.4. The highest BCUT2D eigenvalue weighted by Crippen LogP contribution is 2.19. The number of hydrogen-bond donors (Lipinski definition) is 12. The summed E-state index contributed by atoms with van der Waals surface area (Å²) >= 11 is 0. The van der Waals surface area contributed by atoms with Gasteiger partial charge < -0.3 is 64.9 Å². The van der Waals surface area contributed by atoms with Crippen molar-refractivity contribution in [3.8, 4) is 0 Å². The number of guanidine groups is 1. The molecule has 1 aromatic carbocycles. The molecule has 5 unspecified atom stereocenters. The van der Waals surface area contributed by atoms with Crippen molar-refractivity contribution in [1.29, 1.82) is 0 Å². The number of carbonyl (C=O) groups excluding carboxylic acids is 6. The van der Waals surface area contributed by atoms with Crippen LogP contribution < -0.4 is 54.8 Å². The predicted molar refractivity (Wildman–Crippen MR) is 218 cm³/mol. The molecule has 0 radical (unpaired) electrons. The van der Waals surface area contributed by atoms with E-state index in [-0.39, 0.29) is 50.5 Å². The molecule has 0 aliphatic carbocycles. The van der Waals surface area contributed by atoms with Crippen molar-refractivity contribution in [2.24, 2.45) is 39.8 Å². The first kappa shape index (κ1) is 48.4. The number of H-pyrrole nitrogens is 1. The molecule has 6 amide bonds. The number of fused-ring (bicyclic) bond motifs is 1. The van der Waals surface area contributed by atoms with E-state index in [9.17, 15) is 33.6 Å². The van der Waals surface area contributed by atoms with Crippen molar-refractivity contribution in [2.75, 3.05) is 26.2 Å². The Hall–Kier alpha value is -5.76. The number of aromatic amines is 1. The van der Waals surface area contributed by atoms with Gasteiger partial charge in [-0.1, -0.05) is 45.9 Å². The minimum Gasteiger partial charge on any atom is -0.480 e. The standard InChI is InChI=1S/C38H62N12O8/c1-21(2)16-29(49-33(54)25(40)17-23-18-44-26-11-6-5-10-24(23)26)36(57)50-32(22(3)4)37(58)48-28(12-7-8-14-39)35(56)45-19-30(51)47-27(13-9-15-43-38(41)42)34(55)46-20-31(52)53/h5-6,10-11,18,21-22,25,27-29,32,44H,7-9,12-17,19-20,39-40H2,1-4H3,(H,45,56)(H,46,55)(H,47,51)(H,48,58)(H,49,54)(H,50,57)(H,52,53)(H4,41,42,43). The summed E-state index contributed by atoms with van der Waals surface area (Å²) in [6.07, 6.45) is 3.74. The number of aromatic nitrogens is 1. The van der Waals surface area contributed by atoms with Crippen LogP contribution in [0.1, 0.15) is 71.8 Å². The molecule has 1 aromatic heterocycles. The summed E-state index contributed by atoms with van der Waals surface area (Å²) in [4.78, 5) is 97.6. The van der Waals surface area contributed by atoms with Crippen molar-refractivity contribution in [1.82, 2.24) is 36.9 Å². The van der Waals surface area contributed by atoms with Gasteiger partial charge in [0.25, 0.3) is 0 Å². The first-order chi connectivity index (χ1) is 27.4. The molecule has 2 rings (SSSR count). The van der Waals surface area contributed by atoms with Crippen LogP contribution in [-0.2, 0) is 40.0 Å². The molecule has 0 saturated carbocycles. The van der Waals surface area contributed by atoms with Gasteiger partial charge in [-0.25, -0.2) is 0 Å². The molecule has 16 N–H and O–H groups in total. The average molecular weight is 815 g/mol. The quantitative estimate of drug-likeness (QED) is 0.0284. The first-order valence-electron chi connectivity index (χ1n) is 19.5. The van der Waals surface area contributed by atoms with Crippen molar-refractivity contribution < 1.29 is 38.7 Å². The maximum atomic E-state index is 13.7. The average Bonchev–Trinajstić information content (AvgIpc) is 3.57. The number of aliphatic carboxylic acids is 1. The van der Waals surface area contributed by atoms with Crippen LogP contribution >= 0.6 is 0 Å². The molecule has 0 bridgehead atoms. The van der Waals surface area contributed by atoms with E-state index in [0.29, 0.717) is 19.4 Å². The highest BCUT2D eigenvalue weighted by atomic mass is 16.4. The molecular weight excluding hydrogens is 752 g/mol. The van der Waals surface area contributed by atoms with Crippen LogP contribution in [0.25, 0.3) is 10.9 Å². The third-order valence-electron chi connectivity index (χ3n) is 9.05. The van der Waals surface area contributed by atoms with E-state index in [1.807, 2.05) is 38.1 Å². The molecule has 20 nitrogen and oxygen atoms in total. The number of amides is 6. The SMILES string of the molecule is CC(C)CC(NC(=O)C(N)Cc1c[nH]c2ccccc12)C(=O)NC(C(=O)NC(CCCCN)C(=O)NCC(=O)NC(CCCN=C(N)N)C(=O)NCC(=O)O)C(C)C. The van der Waals surface area contributed by atoms with Gasteiger partial charge >= 0.3 is 5.97 Å². The second-order valence-electron chi connectivity index (χ2n) is 14.8. The minimum absolute atomic E-state index is 0.0147. The fraction of sp³-hybridized carbons (Fsp3) is 0.579. The van der Waals surface area contributed by atoms with Gasteiger partial charge in [0.1, 0.15) is 30.7 Å². The van der Waals surface area contributed by atoms with E-state index < -0.39 is 90.6 Å². The molecule has 20 heteroatoms. The number of para-hydroxylation sites is 1. The fourth-order valence-electron chi connectivity index (χ4n) is 6.02. The van der Waals surface area contributed by atoms with Crippen LogP contribution in [0, 0.1) is 11.8 Å². The molecule has 322 valence electrons. The zero-order valence-corrected chi connectivity index (χ0v) is 33.8. The molecule has 0 spiro atoms. The molecule has 1 heterocycles. The van der Waals surface area contributed by atoms with Crippen LogP contribution in [0.15, 0.2) is 35.5 Å². The van der Waals surface area contributed by atoms with Crippen molar-refractivity contribution in [3.05, 3.63) is 36.0 Å². The zero-order chi connectivity index (χ0) is 43.4. The van der Waals surface area contributed by atoms with Crippen molar-refractivity contribution in [2.45, 2.75) is 103 Å². The number of carbonyl (C=O) groups is 7. The van der Waals surface area contributed by atoms with Gasteiger partial charge in [0.2, 0.25) is 35.4 Å². The second kappa shape index (κ2) is 24.8. The second-order valence-corrected chi connectivity index (χ2v) is 14.8. The van der Waals surface area contributed by atoms with E-state index in [2.05, 4.69) is 41.9 Å². The Bertz CT molecular complexity index is 1730. The Labute approximate surface area is 338 Å². The lowest BCUT2D eigenvalue weighted by Crippen LogP contribution is -2.59. The monoisotopic (exact) mass is 814 g/mol. The first-order valence-corrected chi connectivity index (χ1v) is 19.5. The molecule has 0 fully saturated rings. The summed E-state index contributed by atoms with van der Waals surface area (Å²) in [6, 6.07) is 2.24. The molecule has 58 heavy (non-hydrogen) atoms. The molecule has 0 saturated heterocycles. The highest BCUT2D eigenvalue weighted by molar-refractivity contribution is 5.96. The van der Waals surface area contributed by atoms with E-state index in [1.165, 1.54) is 0 Å². The highest BCUT2D eigenvalue weighted by Gasteiger charge is 2.33. The largest absolute Gasteiger partial charge is 0.480 e. The van der Waals surface area contributed by atoms with E-state index >= 15 is 0 Å². The smallest absolute Gasteiger partial charge is 0.322 e. The summed E-state index contributed by atoms with van der Waals surface area (Å²) < 4.78 is 0. The van der Waals surface area contributed by atoms with E-state index in [0.717, 1.165) is 16.5 Å². The fourth-order valence-corrected chi connectivity index (χ4v) is 6.02. The number of rotatable bonds is 26. The maximum Gasteiger partial charge on any atom is 0.322 e. The summed E-state index contributed by atoms with van der Waals surface area (Å²) in [7, 11) is 0. The minimum atomic E-state index is -1.28. The number of carboxylic acids is 1. The number of unbranched alkanes of at least 4 members (excludes halogenated alkanes) is 1. The maximum absolute atomic E-state index is 13.7. The van der Waals surface area contributed by atoms with Gasteiger partial charge in [0.15, 0.2) is 5.96 Å². The Morgan fingerprint density at radius 3 is 2.00 bits per heavy atom. The molecule has 0 aliphatic heterocycles. The Balaban J connectivity index is 2.12. The van der Waals surface area contributed by atoms with Crippen LogP contribution in [0.4, 0.5) is 0 Å². The van der Waals surface area contributed by atoms with Gasteiger partial charge in [-0.3, -0.25) is 38.6 Å². The number of nitrogens with zero attached hydrogens (tertiary/aromatic N) is 1. The molecule has 0 aliphatic rings. The number of nitrogens with two attached hydrogens (primary N) is 4. The lowest BCUT2D eigenvalue weighted by molar-refractivity contribution is -0.138. The lowest BCUT2D eigenvalue weighted by atomic mass is 9.98. The van der Waals surface area contributed by atoms with Gasteiger partial charge in [0.05, 0.1) is 12.6 Å². The topological polar surface area (TPSA) is 344 Å². The van der Waals surface area contributed by atoms with Crippen molar-refractivity contribution in [3.63, 3.8) is 0 Å². The van der Waals surface area contributed by atoms with E-state index in [1.54, 1.807) is 20.0 Å². The van der Waals surface area contributed by atoms with Gasteiger partial charge in [-0.05, 0) is 75.0 Å². The predicted octanol–water partition coefficient (Wildman–Crippen LogP) is -1.82. The lowest BCUT2D eigenvalue weighted by Gasteiger charge is -2.28. The van der Waals surface area contributed by atoms with Crippen LogP contribution in [-0.4, -0.2) is 114 Å². The normalized spacial score (nSPS) is 13.7. The third kappa shape index (κ3) is 17.2. The molecular formula is C38H62N12O8. The number of carboxylic acid groups (broad SMARTS) is 1. The van der Waals surface area contributed by atoms with Crippen LogP contribution in [0.3, 0.4) is 0 Å². The molecule has 5 atom stereocenters. The summed E-state index contributed by atoms with van der Waals surface area (Å²) in [5.74, 6) is -5.93. The van der Waals surface area contributed by atoms with Crippen LogP contribution in [0.5, 0.6) is 0 Å². The van der Waals surface area contributed by atoms with Crippen LogP contribution in [0.2, 0.25) is 0 Å². The zero-order valence-electron chi connectivity index (χ0n) is 33.8. The van der Waals surface area contributed by atoms with Crippen molar-refractivity contribution >= 4 is 58.3 Å². The number of benzene rings is 1. The number of aliphatic imine (C=N–C) groups is 1. The van der Waals surface area contributed by atoms with Gasteiger partial charge in [0, 0.05) is 23.6 Å². The number of hydrogen-bond acceptors (Lipinski definition) is 10. The Morgan fingerprint density at radius 1 is 0.759 bits per heavy atom. The number of nitrogens with one attached hydrogen (secondary N) is 7. The Morgan fingerprint density at radius 2 is 1.38 bits per heavy atom.